The lowest BCUT2D eigenvalue weighted by Gasteiger charge is -2.45. The molecule has 7 aromatic rings. The van der Waals surface area contributed by atoms with Crippen LogP contribution in [-0.4, -0.2) is 18.3 Å². The van der Waals surface area contributed by atoms with E-state index in [2.05, 4.69) is 85.9 Å². The number of benzene rings is 7. The first-order valence-electron chi connectivity index (χ1n) is 16.3. The Hall–Kier alpha value is -5.06. The van der Waals surface area contributed by atoms with E-state index in [0.717, 1.165) is 27.8 Å². The van der Waals surface area contributed by atoms with Crippen molar-refractivity contribution in [2.45, 2.75) is 24.3 Å². The average molecular weight is 623 g/mol. The molecule has 0 amide bonds. The van der Waals surface area contributed by atoms with Gasteiger partial charge in [-0.3, -0.25) is 0 Å². The van der Waals surface area contributed by atoms with E-state index in [-0.39, 0.29) is 0 Å². The maximum Gasteiger partial charge on any atom is 0.141 e. The summed E-state index contributed by atoms with van der Waals surface area (Å²) in [5.41, 5.74) is 6.37. The van der Waals surface area contributed by atoms with Gasteiger partial charge in [0.2, 0.25) is 0 Å². The molecule has 3 heteroatoms. The Morgan fingerprint density at radius 2 is 0.957 bits per heavy atom. The van der Waals surface area contributed by atoms with Crippen molar-refractivity contribution < 1.29 is 10.2 Å². The average Bonchev–Trinajstić information content (AvgIpc) is 3.35. The van der Waals surface area contributed by atoms with Crippen LogP contribution < -0.4 is 10.4 Å². The molecule has 2 nitrogen and oxygen atoms in total. The molecule has 2 atom stereocenters. The minimum atomic E-state index is -2.25. The van der Waals surface area contributed by atoms with Gasteiger partial charge >= 0.3 is 0 Å². The second-order valence-electron chi connectivity index (χ2n) is 13.6. The van der Waals surface area contributed by atoms with Crippen LogP contribution in [0.3, 0.4) is 0 Å². The number of hydrogen-bond acceptors (Lipinski definition) is 2. The number of hydrogen-bond donors (Lipinski definition) is 2. The molecule has 1 aliphatic carbocycles. The van der Waals surface area contributed by atoms with Gasteiger partial charge in [-0.05, 0) is 82.8 Å². The summed E-state index contributed by atoms with van der Waals surface area (Å²) in [5.74, 6) is 0. The van der Waals surface area contributed by atoms with Crippen LogP contribution in [0, 0.1) is 0 Å². The zero-order chi connectivity index (χ0) is 32.0. The maximum atomic E-state index is 13.1. The summed E-state index contributed by atoms with van der Waals surface area (Å²) in [6.45, 7) is 4.83. The Morgan fingerprint density at radius 1 is 0.426 bits per heavy atom. The van der Waals surface area contributed by atoms with Gasteiger partial charge in [0.15, 0.2) is 0 Å². The molecule has 2 unspecified atom stereocenters. The van der Waals surface area contributed by atoms with Crippen molar-refractivity contribution >= 4 is 29.2 Å². The second-order valence-corrected chi connectivity index (χ2v) is 17.9. The van der Waals surface area contributed by atoms with Crippen molar-refractivity contribution in [3.63, 3.8) is 0 Å². The molecule has 0 saturated heterocycles. The Bertz CT molecular complexity index is 2360. The van der Waals surface area contributed by atoms with Crippen LogP contribution in [0.2, 0.25) is 13.1 Å². The SMILES string of the molecule is C[Si]1(C)c2cc(-c3cccc4ccccc34)ccc2-c2cc3c(cc21)C(O)(c1ccccc1)c1ccccc1C3(O)c1ccccc1. The summed E-state index contributed by atoms with van der Waals surface area (Å²) in [6.07, 6.45) is 0. The van der Waals surface area contributed by atoms with Gasteiger partial charge in [-0.15, -0.1) is 0 Å². The van der Waals surface area contributed by atoms with E-state index in [0.29, 0.717) is 11.1 Å². The zero-order valence-corrected chi connectivity index (χ0v) is 27.4. The topological polar surface area (TPSA) is 40.5 Å². The Labute approximate surface area is 276 Å². The van der Waals surface area contributed by atoms with E-state index in [1.54, 1.807) is 0 Å². The van der Waals surface area contributed by atoms with Crippen LogP contribution >= 0.6 is 0 Å². The van der Waals surface area contributed by atoms with Crippen molar-refractivity contribution in [3.05, 3.63) is 191 Å². The third kappa shape index (κ3) is 3.79. The molecule has 0 fully saturated rings. The normalized spacial score (nSPS) is 20.3. The van der Waals surface area contributed by atoms with Crippen molar-refractivity contribution in [3.8, 4) is 22.3 Å². The molecule has 2 aliphatic rings. The first kappa shape index (κ1) is 28.2. The van der Waals surface area contributed by atoms with E-state index in [1.807, 2.05) is 84.9 Å². The van der Waals surface area contributed by atoms with Crippen molar-refractivity contribution in [2.75, 3.05) is 0 Å². The van der Waals surface area contributed by atoms with E-state index in [9.17, 15) is 10.2 Å². The highest BCUT2D eigenvalue weighted by Crippen LogP contribution is 2.54. The largest absolute Gasteiger partial charge is 0.376 e. The van der Waals surface area contributed by atoms with Crippen LogP contribution in [0.4, 0.5) is 0 Å². The minimum absolute atomic E-state index is 0.700. The van der Waals surface area contributed by atoms with Gasteiger partial charge in [-0.2, -0.15) is 0 Å². The summed E-state index contributed by atoms with van der Waals surface area (Å²) in [7, 11) is -2.25. The molecule has 9 rings (SSSR count). The van der Waals surface area contributed by atoms with Gasteiger partial charge in [-0.1, -0.05) is 165 Å². The molecular formula is C44H34O2Si. The maximum absolute atomic E-state index is 13.1. The smallest absolute Gasteiger partial charge is 0.141 e. The van der Waals surface area contributed by atoms with E-state index in [1.165, 1.54) is 37.8 Å². The van der Waals surface area contributed by atoms with Crippen molar-refractivity contribution in [2.24, 2.45) is 0 Å². The standard InChI is InChI=1S/C44H34O2Si/c1-47(2)41-26-30(34-21-13-15-29-14-9-10-20-33(29)34)24-25-35(41)36-27-39-40(28-42(36)47)44(46,32-18-7-4-8-19-32)38-23-12-11-22-37(38)43(39,45)31-16-5-3-6-17-31/h3-28,45-46H,1-2H3. The Kier molecular flexibility index (Phi) is 5.98. The molecular weight excluding hydrogens is 589 g/mol. The van der Waals surface area contributed by atoms with Crippen LogP contribution in [0.1, 0.15) is 33.4 Å². The number of rotatable bonds is 3. The molecule has 0 spiro atoms. The van der Waals surface area contributed by atoms with Crippen LogP contribution in [0.15, 0.2) is 158 Å². The molecule has 226 valence electrons. The van der Waals surface area contributed by atoms with E-state index >= 15 is 0 Å². The highest BCUT2D eigenvalue weighted by molar-refractivity contribution is 7.03. The Balaban J connectivity index is 1.33. The first-order chi connectivity index (χ1) is 22.8. The van der Waals surface area contributed by atoms with Gasteiger partial charge in [0.1, 0.15) is 19.3 Å². The lowest BCUT2D eigenvalue weighted by molar-refractivity contribution is 0.0749. The molecule has 0 radical (unpaired) electrons. The molecule has 0 bridgehead atoms. The van der Waals surface area contributed by atoms with Crippen molar-refractivity contribution in [1.29, 1.82) is 0 Å². The predicted octanol–water partition coefficient (Wildman–Crippen LogP) is 8.19. The van der Waals surface area contributed by atoms with Crippen LogP contribution in [0.25, 0.3) is 33.0 Å². The molecule has 0 saturated carbocycles. The fourth-order valence-corrected chi connectivity index (χ4v) is 11.5. The summed E-state index contributed by atoms with van der Waals surface area (Å²) < 4.78 is 0. The number of aliphatic hydroxyl groups is 2. The molecule has 7 aromatic carbocycles. The highest BCUT2D eigenvalue weighted by atomic mass is 28.3. The second kappa shape index (κ2) is 9.97. The third-order valence-electron chi connectivity index (χ3n) is 10.8. The van der Waals surface area contributed by atoms with Crippen molar-refractivity contribution in [1.82, 2.24) is 0 Å². The highest BCUT2D eigenvalue weighted by Gasteiger charge is 2.52. The van der Waals surface area contributed by atoms with Gasteiger partial charge in [0.05, 0.1) is 0 Å². The van der Waals surface area contributed by atoms with Crippen LogP contribution in [-0.2, 0) is 11.2 Å². The third-order valence-corrected chi connectivity index (χ3v) is 14.3. The van der Waals surface area contributed by atoms with Gasteiger partial charge in [-0.25, -0.2) is 0 Å². The lowest BCUT2D eigenvalue weighted by atomic mass is 9.63. The Morgan fingerprint density at radius 3 is 1.62 bits per heavy atom. The fourth-order valence-electron chi connectivity index (χ4n) is 8.41. The van der Waals surface area contributed by atoms with Crippen LogP contribution in [0.5, 0.6) is 0 Å². The van der Waals surface area contributed by atoms with E-state index in [4.69, 9.17) is 0 Å². The molecule has 1 heterocycles. The fraction of sp³-hybridized carbons (Fsp3) is 0.0909. The lowest BCUT2D eigenvalue weighted by Crippen LogP contribution is -2.51. The first-order valence-corrected chi connectivity index (χ1v) is 19.3. The monoisotopic (exact) mass is 622 g/mol. The summed E-state index contributed by atoms with van der Waals surface area (Å²) in [5, 5.41) is 31.4. The summed E-state index contributed by atoms with van der Waals surface area (Å²) in [4.78, 5) is 0. The molecule has 1 aliphatic heterocycles. The predicted molar refractivity (Wildman–Crippen MR) is 195 cm³/mol. The van der Waals surface area contributed by atoms with Gasteiger partial charge < -0.3 is 10.2 Å². The quantitative estimate of drug-likeness (QED) is 0.195. The van der Waals surface area contributed by atoms with Gasteiger partial charge in [0.25, 0.3) is 0 Å². The minimum Gasteiger partial charge on any atom is -0.376 e. The summed E-state index contributed by atoms with van der Waals surface area (Å²) in [6, 6.07) is 54.2. The zero-order valence-electron chi connectivity index (χ0n) is 26.4. The van der Waals surface area contributed by atoms with E-state index < -0.39 is 19.3 Å². The number of fused-ring (bicyclic) bond motifs is 6. The summed E-state index contributed by atoms with van der Waals surface area (Å²) >= 11 is 0. The molecule has 47 heavy (non-hydrogen) atoms. The molecule has 2 N–H and O–H groups in total. The molecule has 0 aromatic heterocycles. The van der Waals surface area contributed by atoms with Gasteiger partial charge in [0, 0.05) is 0 Å².